The highest BCUT2D eigenvalue weighted by Crippen LogP contribution is 2.29. The van der Waals surface area contributed by atoms with Gasteiger partial charge >= 0.3 is 0 Å². The molecule has 0 fully saturated rings. The molecule has 0 unspecified atom stereocenters. The summed E-state index contributed by atoms with van der Waals surface area (Å²) in [6.07, 6.45) is 4.14. The summed E-state index contributed by atoms with van der Waals surface area (Å²) in [4.78, 5) is 16.8. The number of rotatable bonds is 8. The molecule has 1 N–H and O–H groups in total. The van der Waals surface area contributed by atoms with Gasteiger partial charge in [0.25, 0.3) is 0 Å². The fourth-order valence-corrected chi connectivity index (χ4v) is 4.16. The zero-order chi connectivity index (χ0) is 20.1. The topological polar surface area (TPSA) is 98.5 Å². The number of aryl methyl sites for hydroxylation is 1. The van der Waals surface area contributed by atoms with Crippen LogP contribution in [0.4, 0.5) is 5.13 Å². The van der Waals surface area contributed by atoms with Crippen LogP contribution >= 0.6 is 23.1 Å². The second-order valence-electron chi connectivity index (χ2n) is 6.68. The molecule has 3 rings (SSSR count). The maximum absolute atomic E-state index is 12.7. The predicted molar refractivity (Wildman–Crippen MR) is 111 cm³/mol. The fourth-order valence-electron chi connectivity index (χ4n) is 2.60. The fraction of sp³-hybridized carbons (Fsp3) is 0.444. The van der Waals surface area contributed by atoms with Gasteiger partial charge in [0, 0.05) is 24.5 Å². The van der Waals surface area contributed by atoms with Gasteiger partial charge in [-0.15, -0.1) is 20.4 Å². The molecule has 1 amide bonds. The lowest BCUT2D eigenvalue weighted by atomic mass is 10.2. The molecule has 0 radical (unpaired) electrons. The number of aromatic nitrogens is 6. The quantitative estimate of drug-likeness (QED) is 0.558. The number of thioether (sulfide) groups is 1. The van der Waals surface area contributed by atoms with E-state index in [1.807, 2.05) is 26.0 Å². The summed E-state index contributed by atoms with van der Waals surface area (Å²) in [6.45, 7) is 8.89. The minimum Gasteiger partial charge on any atom is -0.302 e. The number of amides is 1. The smallest absolute Gasteiger partial charge is 0.239 e. The lowest BCUT2D eigenvalue weighted by Gasteiger charge is -2.16. The van der Waals surface area contributed by atoms with Crippen molar-refractivity contribution in [2.45, 2.75) is 51.1 Å². The highest BCUT2D eigenvalue weighted by Gasteiger charge is 2.24. The van der Waals surface area contributed by atoms with E-state index in [1.165, 1.54) is 23.1 Å². The van der Waals surface area contributed by atoms with Crippen molar-refractivity contribution in [3.63, 3.8) is 0 Å². The highest BCUT2D eigenvalue weighted by atomic mass is 32.2. The first-order valence-electron chi connectivity index (χ1n) is 9.09. The second-order valence-corrected chi connectivity index (χ2v) is 9.03. The molecule has 0 aliphatic carbocycles. The van der Waals surface area contributed by atoms with Crippen molar-refractivity contribution in [2.24, 2.45) is 5.92 Å². The van der Waals surface area contributed by atoms with Crippen LogP contribution in [0, 0.1) is 12.8 Å². The molecule has 28 heavy (non-hydrogen) atoms. The van der Waals surface area contributed by atoms with Crippen LogP contribution in [0.15, 0.2) is 29.7 Å². The van der Waals surface area contributed by atoms with Crippen LogP contribution in [0.3, 0.4) is 0 Å². The Morgan fingerprint density at radius 3 is 2.57 bits per heavy atom. The molecule has 8 nitrogen and oxygen atoms in total. The average Bonchev–Trinajstić information content (AvgIpc) is 3.26. The predicted octanol–water partition coefficient (Wildman–Crippen LogP) is 3.67. The first-order chi connectivity index (χ1) is 13.5. The van der Waals surface area contributed by atoms with Crippen LogP contribution in [0.25, 0.3) is 11.4 Å². The van der Waals surface area contributed by atoms with Gasteiger partial charge in [-0.1, -0.05) is 43.9 Å². The van der Waals surface area contributed by atoms with Gasteiger partial charge in [0.15, 0.2) is 11.0 Å². The third kappa shape index (κ3) is 4.93. The van der Waals surface area contributed by atoms with Gasteiger partial charge in [0.1, 0.15) is 5.01 Å². The SMILES string of the molecule is CC[C@@H](Sc1nnc(-c2ccncc2)n1CC(C)C)C(=O)Nc1nnc(C)s1. The summed E-state index contributed by atoms with van der Waals surface area (Å²) in [5.41, 5.74) is 0.955. The lowest BCUT2D eigenvalue weighted by molar-refractivity contribution is -0.115. The zero-order valence-electron chi connectivity index (χ0n) is 16.3. The van der Waals surface area contributed by atoms with Crippen LogP contribution in [0.5, 0.6) is 0 Å². The Labute approximate surface area is 172 Å². The van der Waals surface area contributed by atoms with E-state index >= 15 is 0 Å². The summed E-state index contributed by atoms with van der Waals surface area (Å²) in [7, 11) is 0. The summed E-state index contributed by atoms with van der Waals surface area (Å²) in [6, 6.07) is 3.83. The molecular formula is C18H23N7OS2. The van der Waals surface area contributed by atoms with Crippen LogP contribution in [-0.4, -0.2) is 41.1 Å². The van der Waals surface area contributed by atoms with E-state index < -0.39 is 0 Å². The zero-order valence-corrected chi connectivity index (χ0v) is 17.9. The van der Waals surface area contributed by atoms with Crippen LogP contribution in [0.1, 0.15) is 32.2 Å². The molecule has 0 saturated heterocycles. The van der Waals surface area contributed by atoms with Crippen molar-refractivity contribution in [3.8, 4) is 11.4 Å². The van der Waals surface area contributed by atoms with Gasteiger partial charge in [-0.3, -0.25) is 15.1 Å². The number of hydrogen-bond donors (Lipinski definition) is 1. The Morgan fingerprint density at radius 1 is 1.21 bits per heavy atom. The Bertz CT molecular complexity index is 923. The van der Waals surface area contributed by atoms with E-state index in [4.69, 9.17) is 0 Å². The maximum Gasteiger partial charge on any atom is 0.239 e. The molecule has 3 aromatic rings. The largest absolute Gasteiger partial charge is 0.302 e. The number of nitrogens with one attached hydrogen (secondary N) is 1. The van der Waals surface area contributed by atoms with Gasteiger partial charge in [-0.05, 0) is 31.4 Å². The summed E-state index contributed by atoms with van der Waals surface area (Å²) in [5, 5.41) is 21.3. The molecule has 0 aromatic carbocycles. The first kappa shape index (κ1) is 20.4. The number of carbonyl (C=O) groups excluding carboxylic acids is 1. The van der Waals surface area contributed by atoms with Gasteiger partial charge in [0.05, 0.1) is 5.25 Å². The van der Waals surface area contributed by atoms with E-state index in [9.17, 15) is 4.79 Å². The summed E-state index contributed by atoms with van der Waals surface area (Å²) in [5.74, 6) is 1.09. The van der Waals surface area contributed by atoms with E-state index in [0.29, 0.717) is 17.5 Å². The van der Waals surface area contributed by atoms with Crippen molar-refractivity contribution in [2.75, 3.05) is 5.32 Å². The Hall–Kier alpha value is -2.33. The van der Waals surface area contributed by atoms with Crippen molar-refractivity contribution in [3.05, 3.63) is 29.5 Å². The molecule has 0 bridgehead atoms. The van der Waals surface area contributed by atoms with Crippen molar-refractivity contribution < 1.29 is 4.79 Å². The maximum atomic E-state index is 12.7. The lowest BCUT2D eigenvalue weighted by Crippen LogP contribution is -2.25. The third-order valence-corrected chi connectivity index (χ3v) is 5.97. The van der Waals surface area contributed by atoms with E-state index in [1.54, 1.807) is 12.4 Å². The number of anilines is 1. The Balaban J connectivity index is 1.83. The minimum atomic E-state index is -0.301. The molecule has 3 heterocycles. The molecule has 0 saturated carbocycles. The van der Waals surface area contributed by atoms with Crippen molar-refractivity contribution >= 4 is 34.1 Å². The standard InChI is InChI=1S/C18H23N7OS2/c1-5-14(16(26)20-17-23-21-12(4)27-17)28-18-24-22-15(25(18)10-11(2)3)13-6-8-19-9-7-13/h6-9,11,14H,5,10H2,1-4H3,(H,20,23,26)/t14-/m1/s1. The number of nitrogens with zero attached hydrogens (tertiary/aromatic N) is 6. The van der Waals surface area contributed by atoms with Gasteiger partial charge < -0.3 is 4.57 Å². The molecule has 0 spiro atoms. The average molecular weight is 418 g/mol. The normalized spacial score (nSPS) is 12.3. The second kappa shape index (κ2) is 9.24. The number of pyridine rings is 1. The number of hydrogen-bond acceptors (Lipinski definition) is 8. The van der Waals surface area contributed by atoms with E-state index in [-0.39, 0.29) is 11.2 Å². The minimum absolute atomic E-state index is 0.104. The summed E-state index contributed by atoms with van der Waals surface area (Å²) < 4.78 is 2.08. The van der Waals surface area contributed by atoms with E-state index in [0.717, 1.165) is 28.1 Å². The van der Waals surface area contributed by atoms with Crippen molar-refractivity contribution in [1.29, 1.82) is 0 Å². The summed E-state index contributed by atoms with van der Waals surface area (Å²) >= 11 is 2.79. The van der Waals surface area contributed by atoms with Gasteiger partial charge in [-0.25, -0.2) is 0 Å². The molecular weight excluding hydrogens is 394 g/mol. The number of carbonyl (C=O) groups is 1. The third-order valence-electron chi connectivity index (χ3n) is 3.87. The Morgan fingerprint density at radius 2 is 1.96 bits per heavy atom. The first-order valence-corrected chi connectivity index (χ1v) is 10.8. The van der Waals surface area contributed by atoms with Gasteiger partial charge in [0.2, 0.25) is 11.0 Å². The highest BCUT2D eigenvalue weighted by molar-refractivity contribution is 8.00. The molecule has 0 aliphatic heterocycles. The van der Waals surface area contributed by atoms with Crippen LogP contribution in [0.2, 0.25) is 0 Å². The van der Waals surface area contributed by atoms with Gasteiger partial charge in [-0.2, -0.15) is 0 Å². The van der Waals surface area contributed by atoms with Crippen LogP contribution < -0.4 is 5.32 Å². The molecule has 10 heteroatoms. The Kier molecular flexibility index (Phi) is 6.74. The monoisotopic (exact) mass is 417 g/mol. The molecule has 148 valence electrons. The molecule has 0 aliphatic rings. The van der Waals surface area contributed by atoms with Crippen molar-refractivity contribution in [1.82, 2.24) is 29.9 Å². The van der Waals surface area contributed by atoms with E-state index in [2.05, 4.69) is 49.1 Å². The molecule has 1 atom stereocenters. The molecule has 3 aromatic heterocycles. The van der Waals surface area contributed by atoms with Crippen LogP contribution in [-0.2, 0) is 11.3 Å².